The summed E-state index contributed by atoms with van der Waals surface area (Å²) in [6, 6.07) is 11.5. The Morgan fingerprint density at radius 1 is 1.21 bits per heavy atom. The molecular formula is C18H22ClNO3S. The fourth-order valence-corrected chi connectivity index (χ4v) is 3.30. The molecule has 2 rings (SSSR count). The lowest BCUT2D eigenvalue weighted by molar-refractivity contribution is -0.123. The van der Waals surface area contributed by atoms with Crippen molar-refractivity contribution in [2.75, 3.05) is 20.3 Å². The van der Waals surface area contributed by atoms with Crippen LogP contribution in [-0.4, -0.2) is 26.2 Å². The normalized spacial score (nSPS) is 12.2. The summed E-state index contributed by atoms with van der Waals surface area (Å²) in [7, 11) is 1.61. The molecule has 2 aromatic rings. The number of methoxy groups -OCH3 is 1. The molecule has 1 heterocycles. The number of amides is 1. The summed E-state index contributed by atoms with van der Waals surface area (Å²) >= 11 is 7.37. The number of carbonyl (C=O) groups excluding carboxylic acids is 1. The van der Waals surface area contributed by atoms with Crippen molar-refractivity contribution in [1.29, 1.82) is 0 Å². The van der Waals surface area contributed by atoms with E-state index in [1.54, 1.807) is 7.11 Å². The van der Waals surface area contributed by atoms with Crippen LogP contribution in [0.4, 0.5) is 0 Å². The fraction of sp³-hybridized carbons (Fsp3) is 0.389. The highest BCUT2D eigenvalue weighted by Crippen LogP contribution is 2.28. The van der Waals surface area contributed by atoms with Crippen molar-refractivity contribution in [3.05, 3.63) is 51.2 Å². The Morgan fingerprint density at radius 2 is 1.92 bits per heavy atom. The second kappa shape index (κ2) is 9.06. The summed E-state index contributed by atoms with van der Waals surface area (Å²) in [5.74, 6) is 0.967. The lowest BCUT2D eigenvalue weighted by Crippen LogP contribution is -2.32. The van der Waals surface area contributed by atoms with E-state index in [2.05, 4.69) is 19.2 Å². The summed E-state index contributed by atoms with van der Waals surface area (Å²) in [4.78, 5) is 12.9. The van der Waals surface area contributed by atoms with Crippen LogP contribution in [-0.2, 0) is 9.53 Å². The number of benzene rings is 1. The first kappa shape index (κ1) is 18.8. The summed E-state index contributed by atoms with van der Waals surface area (Å²) in [5, 5.41) is 2.82. The van der Waals surface area contributed by atoms with Crippen LogP contribution >= 0.6 is 22.9 Å². The first-order valence-corrected chi connectivity index (χ1v) is 8.96. The predicted molar refractivity (Wildman–Crippen MR) is 98.1 cm³/mol. The second-order valence-electron chi connectivity index (χ2n) is 5.68. The standard InChI is InChI=1S/C18H22ClNO3S/c1-12(2)13-4-6-14(7-5-13)23-11-18(21)20-10-15(22-3)16-8-9-17(19)24-16/h4-9,12,15H,10-11H2,1-3H3,(H,20,21). The molecule has 1 aromatic carbocycles. The molecule has 1 aromatic heterocycles. The molecule has 0 aliphatic rings. The number of hydrogen-bond donors (Lipinski definition) is 1. The Hall–Kier alpha value is -1.56. The van der Waals surface area contributed by atoms with Gasteiger partial charge in [-0.05, 0) is 35.7 Å². The first-order chi connectivity index (χ1) is 11.5. The molecule has 1 unspecified atom stereocenters. The van der Waals surface area contributed by atoms with E-state index in [1.165, 1.54) is 16.9 Å². The smallest absolute Gasteiger partial charge is 0.258 e. The molecule has 24 heavy (non-hydrogen) atoms. The van der Waals surface area contributed by atoms with Gasteiger partial charge in [-0.15, -0.1) is 11.3 Å². The van der Waals surface area contributed by atoms with E-state index in [-0.39, 0.29) is 18.6 Å². The highest BCUT2D eigenvalue weighted by Gasteiger charge is 2.14. The lowest BCUT2D eigenvalue weighted by atomic mass is 10.0. The SMILES string of the molecule is COC(CNC(=O)COc1ccc(C(C)C)cc1)c1ccc(Cl)s1. The largest absolute Gasteiger partial charge is 0.484 e. The minimum atomic E-state index is -0.211. The summed E-state index contributed by atoms with van der Waals surface area (Å²) in [6.45, 7) is 4.62. The average molecular weight is 368 g/mol. The third kappa shape index (κ3) is 5.51. The number of rotatable bonds is 8. The third-order valence-electron chi connectivity index (χ3n) is 3.60. The molecule has 1 N–H and O–H groups in total. The maximum absolute atomic E-state index is 11.9. The highest BCUT2D eigenvalue weighted by molar-refractivity contribution is 7.16. The maximum atomic E-state index is 11.9. The van der Waals surface area contributed by atoms with E-state index >= 15 is 0 Å². The van der Waals surface area contributed by atoms with Gasteiger partial charge in [0, 0.05) is 18.5 Å². The first-order valence-electron chi connectivity index (χ1n) is 7.77. The Balaban J connectivity index is 1.78. The van der Waals surface area contributed by atoms with E-state index in [4.69, 9.17) is 21.1 Å². The number of thiophene rings is 1. The zero-order chi connectivity index (χ0) is 17.5. The predicted octanol–water partition coefficient (Wildman–Crippen LogP) is 4.41. The van der Waals surface area contributed by atoms with Gasteiger partial charge in [0.25, 0.3) is 5.91 Å². The molecule has 0 saturated heterocycles. The number of hydrogen-bond acceptors (Lipinski definition) is 4. The molecule has 1 amide bonds. The van der Waals surface area contributed by atoms with Crippen molar-refractivity contribution < 1.29 is 14.3 Å². The van der Waals surface area contributed by atoms with Gasteiger partial charge in [-0.2, -0.15) is 0 Å². The molecule has 0 aliphatic carbocycles. The van der Waals surface area contributed by atoms with Crippen LogP contribution in [0.25, 0.3) is 0 Å². The van der Waals surface area contributed by atoms with E-state index < -0.39 is 0 Å². The van der Waals surface area contributed by atoms with Gasteiger partial charge >= 0.3 is 0 Å². The van der Waals surface area contributed by atoms with Crippen LogP contribution in [0.5, 0.6) is 5.75 Å². The minimum absolute atomic E-state index is 0.0251. The lowest BCUT2D eigenvalue weighted by Gasteiger charge is -2.15. The Morgan fingerprint density at radius 3 is 2.46 bits per heavy atom. The molecule has 0 radical (unpaired) electrons. The average Bonchev–Trinajstić information content (AvgIpc) is 3.00. The van der Waals surface area contributed by atoms with Crippen LogP contribution in [0.1, 0.15) is 36.3 Å². The monoisotopic (exact) mass is 367 g/mol. The molecular weight excluding hydrogens is 346 g/mol. The van der Waals surface area contributed by atoms with E-state index in [0.29, 0.717) is 22.5 Å². The number of ether oxygens (including phenoxy) is 2. The van der Waals surface area contributed by atoms with Gasteiger partial charge in [-0.3, -0.25) is 4.79 Å². The van der Waals surface area contributed by atoms with Crippen LogP contribution in [0.15, 0.2) is 36.4 Å². The van der Waals surface area contributed by atoms with Crippen molar-refractivity contribution in [1.82, 2.24) is 5.32 Å². The molecule has 6 heteroatoms. The van der Waals surface area contributed by atoms with Gasteiger partial charge < -0.3 is 14.8 Å². The Kier molecular flexibility index (Phi) is 7.09. The summed E-state index contributed by atoms with van der Waals surface area (Å²) in [5.41, 5.74) is 1.24. The van der Waals surface area contributed by atoms with E-state index in [1.807, 2.05) is 36.4 Å². The van der Waals surface area contributed by atoms with E-state index in [9.17, 15) is 4.79 Å². The summed E-state index contributed by atoms with van der Waals surface area (Å²) in [6.07, 6.45) is -0.211. The number of nitrogens with one attached hydrogen (secondary N) is 1. The molecule has 4 nitrogen and oxygen atoms in total. The number of halogens is 1. The molecule has 130 valence electrons. The molecule has 0 spiro atoms. The van der Waals surface area contributed by atoms with Gasteiger partial charge in [0.05, 0.1) is 4.34 Å². The molecule has 0 saturated carbocycles. The van der Waals surface area contributed by atoms with Crippen molar-refractivity contribution in [3.8, 4) is 5.75 Å². The maximum Gasteiger partial charge on any atom is 0.258 e. The quantitative estimate of drug-likeness (QED) is 0.751. The van der Waals surface area contributed by atoms with Crippen molar-refractivity contribution in [3.63, 3.8) is 0 Å². The Bertz CT molecular complexity index is 655. The number of carbonyl (C=O) groups is 1. The van der Waals surface area contributed by atoms with Gasteiger partial charge in [0.1, 0.15) is 11.9 Å². The van der Waals surface area contributed by atoms with Crippen LogP contribution < -0.4 is 10.1 Å². The fourth-order valence-electron chi connectivity index (χ4n) is 2.16. The van der Waals surface area contributed by atoms with Gasteiger partial charge in [0.15, 0.2) is 6.61 Å². The van der Waals surface area contributed by atoms with Crippen molar-refractivity contribution in [2.45, 2.75) is 25.9 Å². The topological polar surface area (TPSA) is 47.6 Å². The summed E-state index contributed by atoms with van der Waals surface area (Å²) < 4.78 is 11.6. The van der Waals surface area contributed by atoms with Crippen LogP contribution in [0, 0.1) is 0 Å². The van der Waals surface area contributed by atoms with Crippen LogP contribution in [0.2, 0.25) is 4.34 Å². The molecule has 1 atom stereocenters. The van der Waals surface area contributed by atoms with E-state index in [0.717, 1.165) is 4.88 Å². The zero-order valence-electron chi connectivity index (χ0n) is 14.0. The van der Waals surface area contributed by atoms with Gasteiger partial charge in [-0.1, -0.05) is 37.6 Å². The molecule has 0 fully saturated rings. The van der Waals surface area contributed by atoms with Gasteiger partial charge in [-0.25, -0.2) is 0 Å². The highest BCUT2D eigenvalue weighted by atomic mass is 35.5. The molecule has 0 bridgehead atoms. The van der Waals surface area contributed by atoms with Crippen LogP contribution in [0.3, 0.4) is 0 Å². The second-order valence-corrected chi connectivity index (χ2v) is 7.43. The van der Waals surface area contributed by atoms with Crippen molar-refractivity contribution >= 4 is 28.8 Å². The van der Waals surface area contributed by atoms with Gasteiger partial charge in [0.2, 0.25) is 0 Å². The van der Waals surface area contributed by atoms with Crippen molar-refractivity contribution in [2.24, 2.45) is 0 Å². The zero-order valence-corrected chi connectivity index (χ0v) is 15.6. The molecule has 0 aliphatic heterocycles. The minimum Gasteiger partial charge on any atom is -0.484 e. The Labute approximate surface area is 151 Å². The third-order valence-corrected chi connectivity index (χ3v) is 4.92.